The fourth-order valence-corrected chi connectivity index (χ4v) is 2.33. The van der Waals surface area contributed by atoms with Gasteiger partial charge in [0.15, 0.2) is 0 Å². The van der Waals surface area contributed by atoms with Crippen molar-refractivity contribution < 1.29 is 5.11 Å². The van der Waals surface area contributed by atoms with Gasteiger partial charge in [-0.1, -0.05) is 43.7 Å². The summed E-state index contributed by atoms with van der Waals surface area (Å²) in [5, 5.41) is 10.7. The summed E-state index contributed by atoms with van der Waals surface area (Å²) in [5.41, 5.74) is 5.79. The van der Waals surface area contributed by atoms with E-state index in [1.165, 1.54) is 12.8 Å². The van der Waals surface area contributed by atoms with Crippen molar-refractivity contribution in [3.8, 4) is 0 Å². The van der Waals surface area contributed by atoms with E-state index in [0.717, 1.165) is 12.1 Å². The molecule has 1 aromatic rings. The van der Waals surface area contributed by atoms with Gasteiger partial charge in [-0.2, -0.15) is 0 Å². The van der Waals surface area contributed by atoms with Crippen molar-refractivity contribution in [2.45, 2.75) is 44.8 Å². The van der Waals surface area contributed by atoms with E-state index in [9.17, 15) is 5.11 Å². The van der Waals surface area contributed by atoms with Crippen LogP contribution in [0.3, 0.4) is 0 Å². The summed E-state index contributed by atoms with van der Waals surface area (Å²) in [4.78, 5) is 2.30. The first-order valence-corrected chi connectivity index (χ1v) is 7.21. The van der Waals surface area contributed by atoms with Gasteiger partial charge in [-0.25, -0.2) is 0 Å². The third-order valence-corrected chi connectivity index (χ3v) is 3.99. The van der Waals surface area contributed by atoms with Gasteiger partial charge in [-0.05, 0) is 32.4 Å². The highest BCUT2D eigenvalue weighted by Gasteiger charge is 2.27. The smallest absolute Gasteiger partial charge is 0.103 e. The Morgan fingerprint density at radius 1 is 1.32 bits per heavy atom. The molecule has 0 heterocycles. The molecule has 3 nitrogen and oxygen atoms in total. The Bertz CT molecular complexity index is 355. The average Bonchev–Trinajstić information content (AvgIpc) is 2.45. The van der Waals surface area contributed by atoms with Gasteiger partial charge in [0.05, 0.1) is 0 Å². The van der Waals surface area contributed by atoms with Crippen molar-refractivity contribution in [1.82, 2.24) is 4.90 Å². The summed E-state index contributed by atoms with van der Waals surface area (Å²) in [7, 11) is 2.11. The maximum Gasteiger partial charge on any atom is 0.103 e. The molecule has 2 atom stereocenters. The first-order valence-electron chi connectivity index (χ1n) is 7.21. The quantitative estimate of drug-likeness (QED) is 0.758. The minimum Gasteiger partial charge on any atom is -0.384 e. The molecule has 0 bridgehead atoms. The number of rotatable bonds is 8. The van der Waals surface area contributed by atoms with E-state index < -0.39 is 5.60 Å². The molecule has 0 radical (unpaired) electrons. The predicted octanol–water partition coefficient (Wildman–Crippen LogP) is 2.34. The number of hydrogen-bond acceptors (Lipinski definition) is 3. The monoisotopic (exact) mass is 264 g/mol. The number of nitrogens with two attached hydrogens (primary N) is 1. The van der Waals surface area contributed by atoms with Crippen molar-refractivity contribution >= 4 is 0 Å². The number of aliphatic hydroxyl groups is 1. The van der Waals surface area contributed by atoms with Crippen molar-refractivity contribution in [3.05, 3.63) is 35.9 Å². The fraction of sp³-hybridized carbons (Fsp3) is 0.625. The molecule has 2 unspecified atom stereocenters. The third-order valence-electron chi connectivity index (χ3n) is 3.99. The van der Waals surface area contributed by atoms with Crippen LogP contribution in [0.2, 0.25) is 0 Å². The van der Waals surface area contributed by atoms with Crippen LogP contribution in [-0.4, -0.2) is 36.2 Å². The molecule has 108 valence electrons. The molecule has 0 amide bonds. The minimum absolute atomic E-state index is 0.257. The molecule has 0 fully saturated rings. The minimum atomic E-state index is -0.915. The van der Waals surface area contributed by atoms with Gasteiger partial charge < -0.3 is 15.7 Å². The van der Waals surface area contributed by atoms with Crippen LogP contribution in [-0.2, 0) is 5.60 Å². The molecular weight excluding hydrogens is 236 g/mol. The van der Waals surface area contributed by atoms with E-state index in [1.807, 2.05) is 30.3 Å². The Morgan fingerprint density at radius 3 is 2.47 bits per heavy atom. The summed E-state index contributed by atoms with van der Waals surface area (Å²) in [6.07, 6.45) is 3.03. The van der Waals surface area contributed by atoms with Crippen molar-refractivity contribution in [1.29, 1.82) is 0 Å². The lowest BCUT2D eigenvalue weighted by atomic mass is 9.90. The molecule has 0 aromatic heterocycles. The fourth-order valence-electron chi connectivity index (χ4n) is 2.33. The van der Waals surface area contributed by atoms with Crippen LogP contribution in [0.1, 0.15) is 38.7 Å². The normalized spacial score (nSPS) is 16.3. The molecule has 0 spiro atoms. The van der Waals surface area contributed by atoms with Gasteiger partial charge in [-0.3, -0.25) is 0 Å². The van der Waals surface area contributed by atoms with E-state index in [0.29, 0.717) is 12.5 Å². The lowest BCUT2D eigenvalue weighted by Gasteiger charge is -2.31. The largest absolute Gasteiger partial charge is 0.384 e. The number of nitrogens with zero attached hydrogens (tertiary/aromatic N) is 1. The molecule has 1 aromatic carbocycles. The Kier molecular flexibility index (Phi) is 6.49. The van der Waals surface area contributed by atoms with Crippen LogP contribution in [0, 0.1) is 0 Å². The van der Waals surface area contributed by atoms with Crippen LogP contribution < -0.4 is 5.73 Å². The topological polar surface area (TPSA) is 49.5 Å². The highest BCUT2D eigenvalue weighted by atomic mass is 16.3. The van der Waals surface area contributed by atoms with E-state index >= 15 is 0 Å². The zero-order chi connectivity index (χ0) is 14.3. The maximum atomic E-state index is 10.7. The highest BCUT2D eigenvalue weighted by molar-refractivity contribution is 5.22. The summed E-state index contributed by atoms with van der Waals surface area (Å²) < 4.78 is 0. The first-order chi connectivity index (χ1) is 9.03. The second-order valence-electron chi connectivity index (χ2n) is 5.47. The summed E-state index contributed by atoms with van der Waals surface area (Å²) in [6.45, 7) is 5.54. The Hall–Kier alpha value is -0.900. The summed E-state index contributed by atoms with van der Waals surface area (Å²) in [6, 6.07) is 10.3. The Morgan fingerprint density at radius 2 is 1.95 bits per heavy atom. The average molecular weight is 264 g/mol. The van der Waals surface area contributed by atoms with E-state index in [1.54, 1.807) is 0 Å². The molecule has 3 N–H and O–H groups in total. The molecule has 1 rings (SSSR count). The third kappa shape index (κ3) is 4.60. The van der Waals surface area contributed by atoms with Crippen LogP contribution in [0.15, 0.2) is 30.3 Å². The van der Waals surface area contributed by atoms with Crippen molar-refractivity contribution in [2.75, 3.05) is 20.1 Å². The number of benzene rings is 1. The Labute approximate surface area is 117 Å². The second-order valence-corrected chi connectivity index (χ2v) is 5.47. The van der Waals surface area contributed by atoms with Gasteiger partial charge in [0.2, 0.25) is 0 Å². The SMILES string of the molecule is CCCC(C)N(C)CCC(O)(CN)c1ccccc1. The molecule has 0 aliphatic heterocycles. The van der Waals surface area contributed by atoms with Crippen molar-refractivity contribution in [3.63, 3.8) is 0 Å². The molecule has 0 saturated carbocycles. The molecule has 3 heteroatoms. The zero-order valence-electron chi connectivity index (χ0n) is 12.5. The summed E-state index contributed by atoms with van der Waals surface area (Å²) in [5.74, 6) is 0. The standard InChI is InChI=1S/C16H28N2O/c1-4-8-14(2)18(3)12-11-16(19,13-17)15-9-6-5-7-10-15/h5-7,9-10,14,19H,4,8,11-13,17H2,1-3H3. The van der Waals surface area contributed by atoms with Crippen LogP contribution in [0.5, 0.6) is 0 Å². The van der Waals surface area contributed by atoms with Gasteiger partial charge in [-0.15, -0.1) is 0 Å². The van der Waals surface area contributed by atoms with Crippen LogP contribution in [0.25, 0.3) is 0 Å². The lowest BCUT2D eigenvalue weighted by Crippen LogP contribution is -2.40. The van der Waals surface area contributed by atoms with Gasteiger partial charge in [0, 0.05) is 19.1 Å². The molecular formula is C16H28N2O. The van der Waals surface area contributed by atoms with E-state index in [4.69, 9.17) is 5.73 Å². The van der Waals surface area contributed by atoms with Crippen molar-refractivity contribution in [2.24, 2.45) is 5.73 Å². The Balaban J connectivity index is 2.62. The second kappa shape index (κ2) is 7.63. The molecule has 0 aliphatic carbocycles. The van der Waals surface area contributed by atoms with Crippen LogP contribution >= 0.6 is 0 Å². The number of hydrogen-bond donors (Lipinski definition) is 2. The lowest BCUT2D eigenvalue weighted by molar-refractivity contribution is 0.0245. The maximum absolute atomic E-state index is 10.7. The van der Waals surface area contributed by atoms with Gasteiger partial charge in [0.25, 0.3) is 0 Å². The van der Waals surface area contributed by atoms with Crippen LogP contribution in [0.4, 0.5) is 0 Å². The van der Waals surface area contributed by atoms with Gasteiger partial charge >= 0.3 is 0 Å². The predicted molar refractivity (Wildman–Crippen MR) is 81.0 cm³/mol. The van der Waals surface area contributed by atoms with E-state index in [2.05, 4.69) is 25.8 Å². The summed E-state index contributed by atoms with van der Waals surface area (Å²) >= 11 is 0. The zero-order valence-corrected chi connectivity index (χ0v) is 12.5. The van der Waals surface area contributed by atoms with E-state index in [-0.39, 0.29) is 6.54 Å². The molecule has 19 heavy (non-hydrogen) atoms. The van der Waals surface area contributed by atoms with Gasteiger partial charge in [0.1, 0.15) is 5.60 Å². The highest BCUT2D eigenvalue weighted by Crippen LogP contribution is 2.24. The molecule has 0 aliphatic rings. The first kappa shape index (κ1) is 16.2. The molecule has 0 saturated heterocycles.